The van der Waals surface area contributed by atoms with Crippen molar-refractivity contribution in [1.29, 1.82) is 0 Å². The van der Waals surface area contributed by atoms with Crippen LogP contribution in [0.4, 0.5) is 0 Å². The summed E-state index contributed by atoms with van der Waals surface area (Å²) >= 11 is 0. The maximum Gasteiger partial charge on any atom is 0.0250 e. The van der Waals surface area contributed by atoms with Crippen molar-refractivity contribution in [3.05, 3.63) is 35.9 Å². The van der Waals surface area contributed by atoms with E-state index in [1.807, 2.05) is 0 Å². The molecule has 1 saturated carbocycles. The Labute approximate surface area is 123 Å². The Kier molecular flexibility index (Phi) is 4.71. The second kappa shape index (κ2) is 6.70. The predicted octanol–water partition coefficient (Wildman–Crippen LogP) is 1.94. The fourth-order valence-corrected chi connectivity index (χ4v) is 3.81. The lowest BCUT2D eigenvalue weighted by atomic mass is 10.1. The molecule has 0 aromatic heterocycles. The summed E-state index contributed by atoms with van der Waals surface area (Å²) in [5, 5.41) is 3.51. The van der Waals surface area contributed by atoms with Crippen LogP contribution in [0.5, 0.6) is 0 Å². The summed E-state index contributed by atoms with van der Waals surface area (Å²) in [7, 11) is 2.12. The predicted molar refractivity (Wildman–Crippen MR) is 83.8 cm³/mol. The number of piperazine rings is 1. The van der Waals surface area contributed by atoms with Gasteiger partial charge in [-0.05, 0) is 25.5 Å². The smallest absolute Gasteiger partial charge is 0.0250 e. The summed E-state index contributed by atoms with van der Waals surface area (Å²) in [4.78, 5) is 5.31. The highest BCUT2D eigenvalue weighted by atomic mass is 15.3. The zero-order chi connectivity index (χ0) is 13.8. The molecule has 0 bridgehead atoms. The van der Waals surface area contributed by atoms with E-state index in [2.05, 4.69) is 52.5 Å². The summed E-state index contributed by atoms with van der Waals surface area (Å²) in [6.07, 6.45) is 4.12. The third-order valence-electron chi connectivity index (χ3n) is 4.98. The van der Waals surface area contributed by atoms with E-state index in [1.165, 1.54) is 51.0 Å². The topological polar surface area (TPSA) is 18.5 Å². The largest absolute Gasteiger partial charge is 0.315 e. The Morgan fingerprint density at radius 3 is 2.50 bits per heavy atom. The van der Waals surface area contributed by atoms with Gasteiger partial charge in [-0.15, -0.1) is 0 Å². The molecule has 1 N–H and O–H groups in total. The van der Waals surface area contributed by atoms with Gasteiger partial charge < -0.3 is 5.32 Å². The molecule has 1 aliphatic carbocycles. The lowest BCUT2D eigenvalue weighted by Gasteiger charge is -2.40. The van der Waals surface area contributed by atoms with Crippen molar-refractivity contribution in [2.24, 2.45) is 0 Å². The van der Waals surface area contributed by atoms with Gasteiger partial charge in [-0.2, -0.15) is 0 Å². The summed E-state index contributed by atoms with van der Waals surface area (Å²) in [6.45, 7) is 5.99. The number of benzene rings is 1. The van der Waals surface area contributed by atoms with E-state index in [-0.39, 0.29) is 0 Å². The van der Waals surface area contributed by atoms with Gasteiger partial charge in [0.1, 0.15) is 0 Å². The molecule has 0 amide bonds. The number of nitrogens with one attached hydrogen (secondary N) is 1. The number of likely N-dealkylation sites (N-methyl/N-ethyl adjacent to an activating group) is 1. The molecule has 0 radical (unpaired) electrons. The highest BCUT2D eigenvalue weighted by Gasteiger charge is 2.32. The molecule has 3 rings (SSSR count). The first-order valence-corrected chi connectivity index (χ1v) is 8.04. The molecule has 110 valence electrons. The summed E-state index contributed by atoms with van der Waals surface area (Å²) < 4.78 is 0. The number of rotatable bonds is 4. The Morgan fingerprint density at radius 2 is 1.80 bits per heavy atom. The van der Waals surface area contributed by atoms with Crippen molar-refractivity contribution in [2.75, 3.05) is 33.2 Å². The van der Waals surface area contributed by atoms with Gasteiger partial charge in [0.05, 0.1) is 0 Å². The molecule has 1 aromatic carbocycles. The van der Waals surface area contributed by atoms with Crippen LogP contribution in [0.1, 0.15) is 24.8 Å². The van der Waals surface area contributed by atoms with Crippen molar-refractivity contribution < 1.29 is 0 Å². The van der Waals surface area contributed by atoms with E-state index in [0.29, 0.717) is 0 Å². The van der Waals surface area contributed by atoms with Crippen LogP contribution in [0.3, 0.4) is 0 Å². The van der Waals surface area contributed by atoms with Gasteiger partial charge in [-0.25, -0.2) is 0 Å². The first-order valence-electron chi connectivity index (χ1n) is 8.04. The normalized spacial score (nSPS) is 28.9. The fourth-order valence-electron chi connectivity index (χ4n) is 3.81. The monoisotopic (exact) mass is 273 g/mol. The fraction of sp³-hybridized carbons (Fsp3) is 0.647. The third kappa shape index (κ3) is 3.22. The lowest BCUT2D eigenvalue weighted by Crippen LogP contribution is -2.54. The number of hydrogen-bond donors (Lipinski definition) is 1. The molecule has 1 heterocycles. The standard InChI is InChI=1S/C17H27N3/c1-18-16-8-5-9-17(16)20-12-10-19(11-13-20)14-15-6-3-2-4-7-15/h2-4,6-7,16-18H,5,8-14H2,1H3/t16-,17+/m1/s1. The Morgan fingerprint density at radius 1 is 1.05 bits per heavy atom. The Balaban J connectivity index is 1.49. The minimum absolute atomic E-state index is 0.718. The van der Waals surface area contributed by atoms with E-state index in [9.17, 15) is 0 Å². The van der Waals surface area contributed by atoms with E-state index in [0.717, 1.165) is 18.6 Å². The molecule has 3 nitrogen and oxygen atoms in total. The highest BCUT2D eigenvalue weighted by molar-refractivity contribution is 5.14. The molecule has 2 atom stereocenters. The van der Waals surface area contributed by atoms with Crippen molar-refractivity contribution in [1.82, 2.24) is 15.1 Å². The molecule has 0 unspecified atom stereocenters. The van der Waals surface area contributed by atoms with Crippen LogP contribution in [-0.2, 0) is 6.54 Å². The molecule has 3 heteroatoms. The van der Waals surface area contributed by atoms with Gasteiger partial charge in [0.2, 0.25) is 0 Å². The van der Waals surface area contributed by atoms with Crippen molar-refractivity contribution in [3.63, 3.8) is 0 Å². The number of nitrogens with zero attached hydrogens (tertiary/aromatic N) is 2. The summed E-state index contributed by atoms with van der Waals surface area (Å²) in [5.41, 5.74) is 1.44. The van der Waals surface area contributed by atoms with Gasteiger partial charge in [0.15, 0.2) is 0 Å². The van der Waals surface area contributed by atoms with E-state index in [4.69, 9.17) is 0 Å². The van der Waals surface area contributed by atoms with Crippen molar-refractivity contribution in [3.8, 4) is 0 Å². The molecule has 2 fully saturated rings. The van der Waals surface area contributed by atoms with Crippen LogP contribution in [-0.4, -0.2) is 55.1 Å². The molecule has 1 saturated heterocycles. The van der Waals surface area contributed by atoms with Crippen molar-refractivity contribution in [2.45, 2.75) is 37.9 Å². The third-order valence-corrected chi connectivity index (χ3v) is 4.98. The van der Waals surface area contributed by atoms with Gasteiger partial charge in [-0.1, -0.05) is 36.8 Å². The maximum absolute atomic E-state index is 3.51. The lowest BCUT2D eigenvalue weighted by molar-refractivity contribution is 0.0840. The molecular formula is C17H27N3. The van der Waals surface area contributed by atoms with E-state index < -0.39 is 0 Å². The molecule has 1 aliphatic heterocycles. The molecule has 1 aromatic rings. The maximum atomic E-state index is 3.51. The quantitative estimate of drug-likeness (QED) is 0.904. The zero-order valence-electron chi connectivity index (χ0n) is 12.6. The zero-order valence-corrected chi connectivity index (χ0v) is 12.6. The van der Waals surface area contributed by atoms with Gasteiger partial charge >= 0.3 is 0 Å². The Hall–Kier alpha value is -0.900. The minimum Gasteiger partial charge on any atom is -0.315 e. The first-order chi connectivity index (χ1) is 9.86. The average molecular weight is 273 g/mol. The first kappa shape index (κ1) is 14.1. The highest BCUT2D eigenvalue weighted by Crippen LogP contribution is 2.25. The van der Waals surface area contributed by atoms with Crippen LogP contribution in [0.15, 0.2) is 30.3 Å². The van der Waals surface area contributed by atoms with Gasteiger partial charge in [0, 0.05) is 44.8 Å². The Bertz CT molecular complexity index is 398. The van der Waals surface area contributed by atoms with Gasteiger partial charge in [-0.3, -0.25) is 9.80 Å². The van der Waals surface area contributed by atoms with Crippen LogP contribution in [0.2, 0.25) is 0 Å². The van der Waals surface area contributed by atoms with E-state index in [1.54, 1.807) is 0 Å². The van der Waals surface area contributed by atoms with Crippen LogP contribution < -0.4 is 5.32 Å². The SMILES string of the molecule is CN[C@@H]1CCC[C@@H]1N1CCN(Cc2ccccc2)CC1. The summed E-state index contributed by atoms with van der Waals surface area (Å²) in [6, 6.07) is 12.3. The number of hydrogen-bond acceptors (Lipinski definition) is 3. The van der Waals surface area contributed by atoms with Crippen LogP contribution in [0, 0.1) is 0 Å². The molecule has 0 spiro atoms. The molecule has 20 heavy (non-hydrogen) atoms. The second-order valence-corrected chi connectivity index (χ2v) is 6.19. The van der Waals surface area contributed by atoms with Gasteiger partial charge in [0.25, 0.3) is 0 Å². The van der Waals surface area contributed by atoms with Crippen molar-refractivity contribution >= 4 is 0 Å². The van der Waals surface area contributed by atoms with Crippen LogP contribution >= 0.6 is 0 Å². The van der Waals surface area contributed by atoms with Crippen LogP contribution in [0.25, 0.3) is 0 Å². The van der Waals surface area contributed by atoms with E-state index >= 15 is 0 Å². The summed E-state index contributed by atoms with van der Waals surface area (Å²) in [5.74, 6) is 0. The minimum atomic E-state index is 0.718. The molecule has 2 aliphatic rings. The average Bonchev–Trinajstić information content (AvgIpc) is 2.98. The molecular weight excluding hydrogens is 246 g/mol. The second-order valence-electron chi connectivity index (χ2n) is 6.19.